The van der Waals surface area contributed by atoms with Crippen molar-refractivity contribution in [3.05, 3.63) is 113 Å². The Kier molecular flexibility index (Phi) is 5.77. The van der Waals surface area contributed by atoms with Crippen molar-refractivity contribution in [1.29, 1.82) is 0 Å². The summed E-state index contributed by atoms with van der Waals surface area (Å²) in [6, 6.07) is 25.8. The molecule has 3 aromatic carbocycles. The minimum Gasteiger partial charge on any atom is -0.380 e. The summed E-state index contributed by atoms with van der Waals surface area (Å²) in [5, 5.41) is 10.2. The van der Waals surface area contributed by atoms with E-state index in [2.05, 4.69) is 11.8 Å². The molecule has 2 nitrogen and oxygen atoms in total. The van der Waals surface area contributed by atoms with Gasteiger partial charge in [-0.2, -0.15) is 0 Å². The van der Waals surface area contributed by atoms with Gasteiger partial charge in [0.25, 0.3) is 0 Å². The first-order valence-electron chi connectivity index (χ1n) is 8.34. The maximum Gasteiger partial charge on any atom is 0.195 e. The maximum absolute atomic E-state index is 12.4. The van der Waals surface area contributed by atoms with Gasteiger partial charge in [0, 0.05) is 11.1 Å². The summed E-state index contributed by atoms with van der Waals surface area (Å²) in [7, 11) is 0. The number of carbonyl (C=O) groups is 1. The number of aliphatic hydroxyl groups excluding tert-OH is 1. The predicted molar refractivity (Wildman–Crippen MR) is 105 cm³/mol. The van der Waals surface area contributed by atoms with Gasteiger partial charge in [-0.3, -0.25) is 4.79 Å². The average molecular weight is 338 g/mol. The van der Waals surface area contributed by atoms with Crippen molar-refractivity contribution >= 4 is 11.9 Å². The molecule has 1 atom stereocenters. The van der Waals surface area contributed by atoms with Crippen LogP contribution in [0.3, 0.4) is 0 Å². The minimum absolute atomic E-state index is 0.310. The molecule has 0 radical (unpaired) electrons. The molecule has 26 heavy (non-hydrogen) atoms. The van der Waals surface area contributed by atoms with Crippen molar-refractivity contribution < 1.29 is 9.90 Å². The number of allylic oxidation sites excluding steroid dienone is 1. The molecule has 0 saturated carbocycles. The van der Waals surface area contributed by atoms with E-state index in [-0.39, 0.29) is 5.78 Å². The number of aliphatic hydroxyl groups is 1. The van der Waals surface area contributed by atoms with E-state index in [1.54, 1.807) is 42.5 Å². The summed E-state index contributed by atoms with van der Waals surface area (Å²) in [6.07, 6.45) is 2.52. The smallest absolute Gasteiger partial charge is 0.195 e. The summed E-state index contributed by atoms with van der Waals surface area (Å²) < 4.78 is 0. The summed E-state index contributed by atoms with van der Waals surface area (Å²) >= 11 is 0. The van der Waals surface area contributed by atoms with E-state index in [1.165, 1.54) is 0 Å². The third kappa shape index (κ3) is 4.57. The molecule has 0 aliphatic heterocycles. The van der Waals surface area contributed by atoms with E-state index in [0.29, 0.717) is 11.1 Å². The van der Waals surface area contributed by atoms with Gasteiger partial charge in [-0.05, 0) is 35.4 Å². The third-order valence-electron chi connectivity index (χ3n) is 3.91. The number of hydrogen-bond donors (Lipinski definition) is 1. The Morgan fingerprint density at radius 3 is 2.12 bits per heavy atom. The highest BCUT2D eigenvalue weighted by Gasteiger charge is 2.18. The SMILES string of the molecule is O=C(c1ccc(C=CC#Cc2ccccc2)cc1)C(O)c1ccccc1. The Morgan fingerprint density at radius 1 is 0.846 bits per heavy atom. The van der Waals surface area contributed by atoms with E-state index in [0.717, 1.165) is 11.1 Å². The predicted octanol–water partition coefficient (Wildman–Crippen LogP) is 4.67. The van der Waals surface area contributed by atoms with Crippen LogP contribution in [-0.2, 0) is 0 Å². The molecule has 0 heterocycles. The first kappa shape index (κ1) is 17.4. The topological polar surface area (TPSA) is 37.3 Å². The minimum atomic E-state index is -1.14. The number of benzene rings is 3. The lowest BCUT2D eigenvalue weighted by molar-refractivity contribution is 0.0747. The molecule has 1 unspecified atom stereocenters. The zero-order valence-corrected chi connectivity index (χ0v) is 14.2. The van der Waals surface area contributed by atoms with Crippen molar-refractivity contribution in [1.82, 2.24) is 0 Å². The van der Waals surface area contributed by atoms with Crippen LogP contribution < -0.4 is 0 Å². The van der Waals surface area contributed by atoms with Crippen LogP contribution in [0.25, 0.3) is 6.08 Å². The fourth-order valence-corrected chi connectivity index (χ4v) is 2.49. The molecular weight excluding hydrogens is 320 g/mol. The highest BCUT2D eigenvalue weighted by Crippen LogP contribution is 2.18. The van der Waals surface area contributed by atoms with E-state index >= 15 is 0 Å². The number of hydrogen-bond acceptors (Lipinski definition) is 2. The van der Waals surface area contributed by atoms with Crippen molar-refractivity contribution in [2.45, 2.75) is 6.10 Å². The molecule has 0 fully saturated rings. The first-order chi connectivity index (χ1) is 12.7. The van der Waals surface area contributed by atoms with E-state index in [4.69, 9.17) is 0 Å². The monoisotopic (exact) mass is 338 g/mol. The molecule has 126 valence electrons. The lowest BCUT2D eigenvalue weighted by Crippen LogP contribution is -2.12. The van der Waals surface area contributed by atoms with Crippen molar-refractivity contribution in [2.24, 2.45) is 0 Å². The Morgan fingerprint density at radius 2 is 1.46 bits per heavy atom. The van der Waals surface area contributed by atoms with Crippen LogP contribution in [0.5, 0.6) is 0 Å². The second-order valence-corrected chi connectivity index (χ2v) is 5.77. The molecule has 0 aliphatic rings. The number of ketones is 1. The quantitative estimate of drug-likeness (QED) is 0.554. The van der Waals surface area contributed by atoms with Crippen LogP contribution in [0.1, 0.15) is 33.2 Å². The Hall–Kier alpha value is -3.41. The van der Waals surface area contributed by atoms with Crippen LogP contribution in [0.4, 0.5) is 0 Å². The Labute approximate surface area is 153 Å². The van der Waals surface area contributed by atoms with Crippen LogP contribution in [-0.4, -0.2) is 10.9 Å². The fraction of sp³-hybridized carbons (Fsp3) is 0.0417. The first-order valence-corrected chi connectivity index (χ1v) is 8.34. The van der Waals surface area contributed by atoms with Crippen LogP contribution in [0.15, 0.2) is 91.0 Å². The molecular formula is C24H18O2. The molecule has 0 bridgehead atoms. The van der Waals surface area contributed by atoms with Crippen molar-refractivity contribution in [3.8, 4) is 11.8 Å². The van der Waals surface area contributed by atoms with Gasteiger partial charge in [-0.1, -0.05) is 84.6 Å². The number of rotatable bonds is 4. The normalized spacial score (nSPS) is 11.6. The van der Waals surface area contributed by atoms with E-state index < -0.39 is 6.10 Å². The summed E-state index contributed by atoms with van der Waals surface area (Å²) in [4.78, 5) is 12.4. The van der Waals surface area contributed by atoms with Gasteiger partial charge in [0.1, 0.15) is 6.10 Å². The highest BCUT2D eigenvalue weighted by atomic mass is 16.3. The van der Waals surface area contributed by atoms with Gasteiger partial charge in [0.15, 0.2) is 5.78 Å². The van der Waals surface area contributed by atoms with Gasteiger partial charge in [-0.25, -0.2) is 0 Å². The van der Waals surface area contributed by atoms with Gasteiger partial charge < -0.3 is 5.11 Å². The largest absolute Gasteiger partial charge is 0.380 e. The fourth-order valence-electron chi connectivity index (χ4n) is 2.49. The maximum atomic E-state index is 12.4. The molecule has 0 spiro atoms. The van der Waals surface area contributed by atoms with Gasteiger partial charge in [0.05, 0.1) is 0 Å². The molecule has 2 heteroatoms. The molecule has 1 N–H and O–H groups in total. The molecule has 0 aliphatic carbocycles. The number of carbonyl (C=O) groups excluding carboxylic acids is 1. The zero-order valence-electron chi connectivity index (χ0n) is 14.2. The van der Waals surface area contributed by atoms with Crippen LogP contribution in [0, 0.1) is 11.8 Å². The second kappa shape index (κ2) is 8.62. The van der Waals surface area contributed by atoms with Crippen molar-refractivity contribution in [3.63, 3.8) is 0 Å². The Balaban J connectivity index is 1.66. The molecule has 0 aromatic heterocycles. The van der Waals surface area contributed by atoms with Gasteiger partial charge in [-0.15, -0.1) is 0 Å². The standard InChI is InChI=1S/C24H18O2/c25-23(21-13-5-2-6-14-21)24(26)22-17-15-20(16-18-22)12-8-7-11-19-9-3-1-4-10-19/h1-6,8-10,12-18,23,25H. The third-order valence-corrected chi connectivity index (χ3v) is 3.91. The van der Waals surface area contributed by atoms with Gasteiger partial charge in [0.2, 0.25) is 0 Å². The van der Waals surface area contributed by atoms with E-state index in [9.17, 15) is 9.90 Å². The van der Waals surface area contributed by atoms with Crippen LogP contribution >= 0.6 is 0 Å². The summed E-state index contributed by atoms with van der Waals surface area (Å²) in [5.74, 6) is 5.73. The Bertz CT molecular complexity index is 944. The summed E-state index contributed by atoms with van der Waals surface area (Å²) in [6.45, 7) is 0. The lowest BCUT2D eigenvalue weighted by atomic mass is 9.99. The van der Waals surface area contributed by atoms with Gasteiger partial charge >= 0.3 is 0 Å². The summed E-state index contributed by atoms with van der Waals surface area (Å²) in [5.41, 5.74) is 2.98. The molecule has 0 saturated heterocycles. The zero-order chi connectivity index (χ0) is 18.2. The van der Waals surface area contributed by atoms with Crippen molar-refractivity contribution in [2.75, 3.05) is 0 Å². The lowest BCUT2D eigenvalue weighted by Gasteiger charge is -2.10. The van der Waals surface area contributed by atoms with Crippen LogP contribution in [0.2, 0.25) is 0 Å². The molecule has 3 rings (SSSR count). The number of Topliss-reactive ketones (excluding diaryl/α,β-unsaturated/α-hetero) is 1. The molecule has 0 amide bonds. The molecule has 3 aromatic rings. The highest BCUT2D eigenvalue weighted by molar-refractivity contribution is 6.00. The van der Waals surface area contributed by atoms with E-state index in [1.807, 2.05) is 54.6 Å². The second-order valence-electron chi connectivity index (χ2n) is 5.77. The average Bonchev–Trinajstić information content (AvgIpc) is 2.72.